The van der Waals surface area contributed by atoms with Crippen molar-refractivity contribution in [1.29, 1.82) is 0 Å². The third kappa shape index (κ3) is 3.33. The van der Waals surface area contributed by atoms with Crippen LogP contribution >= 0.6 is 11.6 Å². The standard InChI is InChI=1S/C14H11ClN2O3/c1-10(18)20-14-8-6-13(7-9-14)17(16-19)12-4-2-11(15)3-5-12/h2-9H,1H3. The number of ether oxygens (including phenoxy) is 1. The van der Waals surface area contributed by atoms with E-state index in [1.54, 1.807) is 48.5 Å². The summed E-state index contributed by atoms with van der Waals surface area (Å²) >= 11 is 5.80. The maximum atomic E-state index is 11.0. The van der Waals surface area contributed by atoms with Crippen LogP contribution in [0.2, 0.25) is 5.02 Å². The lowest BCUT2D eigenvalue weighted by Crippen LogP contribution is -2.07. The van der Waals surface area contributed by atoms with Crippen molar-refractivity contribution in [3.8, 4) is 5.75 Å². The Bertz CT molecular complexity index is 611. The van der Waals surface area contributed by atoms with Crippen LogP contribution in [0.5, 0.6) is 5.75 Å². The van der Waals surface area contributed by atoms with Gasteiger partial charge in [-0.05, 0) is 48.5 Å². The second kappa shape index (κ2) is 6.16. The van der Waals surface area contributed by atoms with Gasteiger partial charge in [0.1, 0.15) is 5.75 Å². The summed E-state index contributed by atoms with van der Waals surface area (Å²) < 4.78 is 4.92. The first-order valence-corrected chi connectivity index (χ1v) is 6.15. The van der Waals surface area contributed by atoms with Gasteiger partial charge in [0.25, 0.3) is 0 Å². The lowest BCUT2D eigenvalue weighted by atomic mass is 10.2. The van der Waals surface area contributed by atoms with Gasteiger partial charge in [-0.2, -0.15) is 5.01 Å². The average molecular weight is 291 g/mol. The Morgan fingerprint density at radius 3 is 2.00 bits per heavy atom. The fraction of sp³-hybridized carbons (Fsp3) is 0.0714. The summed E-state index contributed by atoms with van der Waals surface area (Å²) in [6, 6.07) is 13.1. The molecule has 20 heavy (non-hydrogen) atoms. The van der Waals surface area contributed by atoms with Crippen molar-refractivity contribution in [2.75, 3.05) is 5.01 Å². The minimum absolute atomic E-state index is 0.402. The third-order valence-electron chi connectivity index (χ3n) is 2.50. The van der Waals surface area contributed by atoms with Crippen molar-refractivity contribution < 1.29 is 9.53 Å². The van der Waals surface area contributed by atoms with Crippen molar-refractivity contribution in [2.24, 2.45) is 5.29 Å². The second-order valence-corrected chi connectivity index (χ2v) is 4.39. The van der Waals surface area contributed by atoms with Gasteiger partial charge >= 0.3 is 5.97 Å². The SMILES string of the molecule is CC(=O)Oc1ccc(N(N=O)c2ccc(Cl)cc2)cc1. The van der Waals surface area contributed by atoms with E-state index in [-0.39, 0.29) is 0 Å². The van der Waals surface area contributed by atoms with E-state index in [0.29, 0.717) is 22.1 Å². The van der Waals surface area contributed by atoms with Gasteiger partial charge in [0.05, 0.1) is 16.7 Å². The Kier molecular flexibility index (Phi) is 4.32. The molecule has 0 radical (unpaired) electrons. The van der Waals surface area contributed by atoms with Crippen LogP contribution < -0.4 is 9.75 Å². The summed E-state index contributed by atoms with van der Waals surface area (Å²) in [6.07, 6.45) is 0. The van der Waals surface area contributed by atoms with Crippen LogP contribution in [0.15, 0.2) is 53.8 Å². The Morgan fingerprint density at radius 1 is 1.05 bits per heavy atom. The number of nitrogens with zero attached hydrogens (tertiary/aromatic N) is 2. The fourth-order valence-electron chi connectivity index (χ4n) is 1.65. The molecule has 0 saturated heterocycles. The molecular formula is C14H11ClN2O3. The van der Waals surface area contributed by atoms with E-state index in [0.717, 1.165) is 0 Å². The van der Waals surface area contributed by atoms with Gasteiger partial charge in [-0.25, -0.2) is 0 Å². The molecule has 5 nitrogen and oxygen atoms in total. The van der Waals surface area contributed by atoms with Crippen molar-refractivity contribution in [2.45, 2.75) is 6.92 Å². The number of hydrogen-bond acceptors (Lipinski definition) is 4. The molecule has 0 bridgehead atoms. The van der Waals surface area contributed by atoms with Crippen LogP contribution in [0.4, 0.5) is 11.4 Å². The highest BCUT2D eigenvalue weighted by Crippen LogP contribution is 2.28. The van der Waals surface area contributed by atoms with Gasteiger partial charge in [0.2, 0.25) is 0 Å². The molecule has 2 aromatic rings. The minimum Gasteiger partial charge on any atom is -0.427 e. The molecule has 0 amide bonds. The molecule has 0 aliphatic rings. The topological polar surface area (TPSA) is 59.0 Å². The van der Waals surface area contributed by atoms with E-state index in [9.17, 15) is 9.70 Å². The molecule has 0 N–H and O–H groups in total. The Balaban J connectivity index is 2.25. The van der Waals surface area contributed by atoms with E-state index in [1.807, 2.05) is 0 Å². The number of esters is 1. The van der Waals surface area contributed by atoms with Crippen LogP contribution in [0.25, 0.3) is 0 Å². The summed E-state index contributed by atoms with van der Waals surface area (Å²) in [5.41, 5.74) is 1.14. The van der Waals surface area contributed by atoms with E-state index in [2.05, 4.69) is 5.29 Å². The molecule has 0 aliphatic carbocycles. The molecule has 0 spiro atoms. The van der Waals surface area contributed by atoms with Crippen LogP contribution in [0.3, 0.4) is 0 Å². The number of benzene rings is 2. The van der Waals surface area contributed by atoms with Crippen molar-refractivity contribution in [1.82, 2.24) is 0 Å². The lowest BCUT2D eigenvalue weighted by molar-refractivity contribution is -0.131. The molecule has 0 aromatic heterocycles. The zero-order valence-corrected chi connectivity index (χ0v) is 11.4. The molecular weight excluding hydrogens is 280 g/mol. The maximum Gasteiger partial charge on any atom is 0.308 e. The molecule has 0 saturated carbocycles. The smallest absolute Gasteiger partial charge is 0.308 e. The van der Waals surface area contributed by atoms with Gasteiger partial charge in [0.15, 0.2) is 0 Å². The molecule has 0 aliphatic heterocycles. The Labute approximate surface area is 120 Å². The number of carbonyl (C=O) groups excluding carboxylic acids is 1. The summed E-state index contributed by atoms with van der Waals surface area (Å²) in [4.78, 5) is 21.8. The zero-order chi connectivity index (χ0) is 14.5. The maximum absolute atomic E-state index is 11.0. The highest BCUT2D eigenvalue weighted by molar-refractivity contribution is 6.30. The van der Waals surface area contributed by atoms with E-state index in [1.165, 1.54) is 11.9 Å². The summed E-state index contributed by atoms with van der Waals surface area (Å²) in [7, 11) is 0. The zero-order valence-electron chi connectivity index (χ0n) is 10.6. The molecule has 0 unspecified atom stereocenters. The van der Waals surface area contributed by atoms with Crippen LogP contribution in [-0.4, -0.2) is 5.97 Å². The molecule has 102 valence electrons. The summed E-state index contributed by atoms with van der Waals surface area (Å²) in [6.45, 7) is 1.32. The number of hydrogen-bond donors (Lipinski definition) is 0. The van der Waals surface area contributed by atoms with Crippen molar-refractivity contribution in [3.63, 3.8) is 0 Å². The number of rotatable bonds is 4. The van der Waals surface area contributed by atoms with Gasteiger partial charge in [-0.3, -0.25) is 4.79 Å². The van der Waals surface area contributed by atoms with Gasteiger partial charge < -0.3 is 4.74 Å². The van der Waals surface area contributed by atoms with E-state index < -0.39 is 5.97 Å². The highest BCUT2D eigenvalue weighted by Gasteiger charge is 2.10. The predicted molar refractivity (Wildman–Crippen MR) is 77.1 cm³/mol. The Hall–Kier alpha value is -2.40. The van der Waals surface area contributed by atoms with Crippen LogP contribution in [-0.2, 0) is 4.79 Å². The predicted octanol–water partition coefficient (Wildman–Crippen LogP) is 4.08. The third-order valence-corrected chi connectivity index (χ3v) is 2.75. The molecule has 6 heteroatoms. The van der Waals surface area contributed by atoms with E-state index >= 15 is 0 Å². The lowest BCUT2D eigenvalue weighted by Gasteiger charge is -2.15. The normalized spacial score (nSPS) is 9.90. The van der Waals surface area contributed by atoms with Crippen molar-refractivity contribution in [3.05, 3.63) is 58.5 Å². The average Bonchev–Trinajstić information content (AvgIpc) is 2.43. The Morgan fingerprint density at radius 2 is 1.55 bits per heavy atom. The molecule has 2 aromatic carbocycles. The second-order valence-electron chi connectivity index (χ2n) is 3.96. The van der Waals surface area contributed by atoms with Crippen molar-refractivity contribution >= 4 is 28.9 Å². The number of halogens is 1. The first kappa shape index (κ1) is 14.0. The summed E-state index contributed by atoms with van der Waals surface area (Å²) in [5.74, 6) is 0.00373. The molecule has 0 heterocycles. The molecule has 0 fully saturated rings. The summed E-state index contributed by atoms with van der Waals surface area (Å²) in [5, 5.41) is 4.77. The first-order valence-electron chi connectivity index (χ1n) is 5.77. The monoisotopic (exact) mass is 290 g/mol. The quantitative estimate of drug-likeness (QED) is 0.368. The highest BCUT2D eigenvalue weighted by atomic mass is 35.5. The van der Waals surface area contributed by atoms with Gasteiger partial charge in [-0.15, -0.1) is 4.91 Å². The fourth-order valence-corrected chi connectivity index (χ4v) is 1.77. The number of anilines is 2. The number of carbonyl (C=O) groups is 1. The van der Waals surface area contributed by atoms with Gasteiger partial charge in [0, 0.05) is 11.9 Å². The van der Waals surface area contributed by atoms with Crippen LogP contribution in [0.1, 0.15) is 6.92 Å². The minimum atomic E-state index is -0.402. The largest absolute Gasteiger partial charge is 0.427 e. The molecule has 2 rings (SSSR count). The van der Waals surface area contributed by atoms with Gasteiger partial charge in [-0.1, -0.05) is 11.6 Å². The molecule has 0 atom stereocenters. The van der Waals surface area contributed by atoms with Crippen LogP contribution in [0, 0.1) is 4.91 Å². The van der Waals surface area contributed by atoms with E-state index in [4.69, 9.17) is 16.3 Å². The first-order chi connectivity index (χ1) is 9.60. The number of nitroso groups, excluding NO2 is 1.